The van der Waals surface area contributed by atoms with Gasteiger partial charge in [-0.05, 0) is 30.5 Å². The number of allylic oxidation sites excluding steroid dienone is 2. The molecule has 168 valence electrons. The van der Waals surface area contributed by atoms with Gasteiger partial charge in [-0.2, -0.15) is 5.26 Å². The molecule has 0 fully saturated rings. The van der Waals surface area contributed by atoms with E-state index in [9.17, 15) is 9.59 Å². The predicted octanol–water partition coefficient (Wildman–Crippen LogP) is 5.76. The third kappa shape index (κ3) is 5.79. The number of ether oxygens (including phenoxy) is 1. The number of nitriles is 1. The molecule has 0 unspecified atom stereocenters. The molecule has 1 amide bonds. The molecule has 3 aromatic rings. The molecular formula is C23H19ClN4O3S2. The van der Waals surface area contributed by atoms with Crippen molar-refractivity contribution in [3.05, 3.63) is 74.9 Å². The van der Waals surface area contributed by atoms with Crippen molar-refractivity contribution in [1.29, 1.82) is 5.26 Å². The van der Waals surface area contributed by atoms with Gasteiger partial charge in [0.2, 0.25) is 0 Å². The van der Waals surface area contributed by atoms with Gasteiger partial charge in [-0.1, -0.05) is 53.7 Å². The number of halogens is 1. The SMILES string of the molecule is COC(=O)c1c(NC(=O)c2nc(SCc3ccccc3)ncc2Cl)sc(C(C)=CC#N)c1C. The van der Waals surface area contributed by atoms with Crippen LogP contribution in [0.2, 0.25) is 5.02 Å². The van der Waals surface area contributed by atoms with Crippen LogP contribution in [0, 0.1) is 18.3 Å². The molecule has 1 aromatic carbocycles. The molecule has 0 atom stereocenters. The van der Waals surface area contributed by atoms with Crippen LogP contribution < -0.4 is 5.32 Å². The van der Waals surface area contributed by atoms with Gasteiger partial charge in [0.15, 0.2) is 10.9 Å². The molecule has 0 radical (unpaired) electrons. The lowest BCUT2D eigenvalue weighted by molar-refractivity contribution is 0.0601. The summed E-state index contributed by atoms with van der Waals surface area (Å²) >= 11 is 8.76. The van der Waals surface area contributed by atoms with E-state index < -0.39 is 11.9 Å². The van der Waals surface area contributed by atoms with Gasteiger partial charge in [-0.15, -0.1) is 11.3 Å². The van der Waals surface area contributed by atoms with Gasteiger partial charge in [0.05, 0.1) is 30.0 Å². The number of thioether (sulfide) groups is 1. The normalized spacial score (nSPS) is 11.1. The van der Waals surface area contributed by atoms with E-state index in [-0.39, 0.29) is 16.3 Å². The standard InChI is InChI=1S/C23H19ClN4O3S2/c1-13(9-10-25)19-14(2)17(22(30)31-3)21(33-19)28-20(29)18-16(24)11-26-23(27-18)32-12-15-7-5-4-6-8-15/h4-9,11H,12H2,1-3H3,(H,28,29). The maximum Gasteiger partial charge on any atom is 0.341 e. The zero-order valence-corrected chi connectivity index (χ0v) is 20.4. The van der Waals surface area contributed by atoms with Crippen LogP contribution in [0.25, 0.3) is 5.57 Å². The number of amides is 1. The number of esters is 1. The Kier molecular flexibility index (Phi) is 8.22. The summed E-state index contributed by atoms with van der Waals surface area (Å²) in [6, 6.07) is 11.8. The third-order valence-corrected chi connectivity index (χ3v) is 7.10. The molecule has 0 aliphatic heterocycles. The maximum atomic E-state index is 13.0. The highest BCUT2D eigenvalue weighted by molar-refractivity contribution is 7.98. The van der Waals surface area contributed by atoms with Crippen LogP contribution in [-0.2, 0) is 10.5 Å². The largest absolute Gasteiger partial charge is 0.465 e. The molecule has 0 aliphatic carbocycles. The Morgan fingerprint density at radius 2 is 2.06 bits per heavy atom. The number of anilines is 1. The highest BCUT2D eigenvalue weighted by Gasteiger charge is 2.25. The second-order valence-corrected chi connectivity index (χ2v) is 9.16. The van der Waals surface area contributed by atoms with Crippen LogP contribution in [0.4, 0.5) is 5.00 Å². The first-order valence-electron chi connectivity index (χ1n) is 9.64. The Morgan fingerprint density at radius 1 is 1.33 bits per heavy atom. The first kappa shape index (κ1) is 24.5. The average molecular weight is 499 g/mol. The molecule has 0 aliphatic rings. The van der Waals surface area contributed by atoms with Gasteiger partial charge in [0, 0.05) is 16.7 Å². The highest BCUT2D eigenvalue weighted by Crippen LogP contribution is 2.38. The van der Waals surface area contributed by atoms with E-state index in [4.69, 9.17) is 21.6 Å². The van der Waals surface area contributed by atoms with Crippen LogP contribution >= 0.6 is 34.7 Å². The number of carbonyl (C=O) groups is 2. The van der Waals surface area contributed by atoms with E-state index in [1.54, 1.807) is 13.8 Å². The van der Waals surface area contributed by atoms with Crippen LogP contribution in [0.3, 0.4) is 0 Å². The Balaban J connectivity index is 1.89. The molecule has 10 heteroatoms. The zero-order valence-electron chi connectivity index (χ0n) is 18.0. The summed E-state index contributed by atoms with van der Waals surface area (Å²) in [7, 11) is 1.26. The number of aromatic nitrogens is 2. The van der Waals surface area contributed by atoms with E-state index in [1.165, 1.54) is 42.5 Å². The minimum absolute atomic E-state index is 0.00469. The number of methoxy groups -OCH3 is 1. The second-order valence-electron chi connectivity index (χ2n) is 6.79. The molecule has 0 saturated carbocycles. The number of rotatable bonds is 7. The number of hydrogen-bond donors (Lipinski definition) is 1. The van der Waals surface area contributed by atoms with E-state index >= 15 is 0 Å². The topological polar surface area (TPSA) is 105 Å². The van der Waals surface area contributed by atoms with Crippen molar-refractivity contribution in [3.63, 3.8) is 0 Å². The minimum atomic E-state index is -0.594. The Labute approximate surface area is 204 Å². The van der Waals surface area contributed by atoms with Crippen molar-refractivity contribution in [1.82, 2.24) is 9.97 Å². The molecular weight excluding hydrogens is 480 g/mol. The molecule has 0 bridgehead atoms. The Morgan fingerprint density at radius 3 is 2.73 bits per heavy atom. The number of nitrogens with one attached hydrogen (secondary N) is 1. The summed E-state index contributed by atoms with van der Waals surface area (Å²) < 4.78 is 4.89. The van der Waals surface area contributed by atoms with E-state index in [0.717, 1.165) is 5.56 Å². The van der Waals surface area contributed by atoms with E-state index in [2.05, 4.69) is 15.3 Å². The lowest BCUT2D eigenvalue weighted by Crippen LogP contribution is -2.16. The summed E-state index contributed by atoms with van der Waals surface area (Å²) in [5.41, 5.74) is 2.59. The fraction of sp³-hybridized carbons (Fsp3) is 0.174. The number of benzene rings is 1. The van der Waals surface area contributed by atoms with Crippen LogP contribution in [-0.4, -0.2) is 29.0 Å². The minimum Gasteiger partial charge on any atom is -0.465 e. The van der Waals surface area contributed by atoms with Crippen molar-refractivity contribution in [2.75, 3.05) is 12.4 Å². The molecule has 2 heterocycles. The number of thiophene rings is 1. The zero-order chi connectivity index (χ0) is 24.0. The number of nitrogens with zero attached hydrogens (tertiary/aromatic N) is 3. The lowest BCUT2D eigenvalue weighted by Gasteiger charge is -2.08. The maximum absolute atomic E-state index is 13.0. The van der Waals surface area contributed by atoms with Crippen LogP contribution in [0.15, 0.2) is 47.8 Å². The summed E-state index contributed by atoms with van der Waals surface area (Å²) in [5.74, 6) is -0.541. The lowest BCUT2D eigenvalue weighted by atomic mass is 10.1. The first-order chi connectivity index (χ1) is 15.8. The van der Waals surface area contributed by atoms with E-state index in [0.29, 0.717) is 31.9 Å². The van der Waals surface area contributed by atoms with Crippen molar-refractivity contribution in [2.45, 2.75) is 24.8 Å². The first-order valence-corrected chi connectivity index (χ1v) is 11.8. The van der Waals surface area contributed by atoms with Crippen LogP contribution in [0.5, 0.6) is 0 Å². The summed E-state index contributed by atoms with van der Waals surface area (Å²) in [6.45, 7) is 3.49. The van der Waals surface area contributed by atoms with E-state index in [1.807, 2.05) is 36.4 Å². The Hall–Kier alpha value is -3.19. The van der Waals surface area contributed by atoms with Gasteiger partial charge in [-0.3, -0.25) is 4.79 Å². The Bertz CT molecular complexity index is 1270. The summed E-state index contributed by atoms with van der Waals surface area (Å²) in [6.07, 6.45) is 2.76. The fourth-order valence-corrected chi connectivity index (χ4v) is 5.06. The molecule has 7 nitrogen and oxygen atoms in total. The highest BCUT2D eigenvalue weighted by atomic mass is 35.5. The predicted molar refractivity (Wildman–Crippen MR) is 131 cm³/mol. The summed E-state index contributed by atoms with van der Waals surface area (Å²) in [4.78, 5) is 34.6. The van der Waals surface area contributed by atoms with Crippen LogP contribution in [0.1, 0.15) is 43.8 Å². The fourth-order valence-electron chi connectivity index (χ4n) is 2.95. The number of hydrogen-bond acceptors (Lipinski definition) is 8. The van der Waals surface area contributed by atoms with Gasteiger partial charge < -0.3 is 10.1 Å². The molecule has 0 saturated heterocycles. The van der Waals surface area contributed by atoms with Gasteiger partial charge in [0.1, 0.15) is 5.00 Å². The van der Waals surface area contributed by atoms with Gasteiger partial charge in [-0.25, -0.2) is 14.8 Å². The quantitative estimate of drug-likeness (QED) is 0.191. The van der Waals surface area contributed by atoms with Gasteiger partial charge in [0.25, 0.3) is 5.91 Å². The van der Waals surface area contributed by atoms with Crippen molar-refractivity contribution in [2.24, 2.45) is 0 Å². The van der Waals surface area contributed by atoms with Crippen molar-refractivity contribution >= 4 is 57.2 Å². The van der Waals surface area contributed by atoms with Crippen molar-refractivity contribution < 1.29 is 14.3 Å². The molecule has 1 N–H and O–H groups in total. The van der Waals surface area contributed by atoms with Gasteiger partial charge >= 0.3 is 5.97 Å². The third-order valence-electron chi connectivity index (χ3n) is 4.55. The molecule has 2 aromatic heterocycles. The smallest absolute Gasteiger partial charge is 0.341 e. The molecule has 33 heavy (non-hydrogen) atoms. The van der Waals surface area contributed by atoms with Crippen molar-refractivity contribution in [3.8, 4) is 6.07 Å². The molecule has 0 spiro atoms. The number of carbonyl (C=O) groups excluding carboxylic acids is 2. The molecule has 3 rings (SSSR count). The average Bonchev–Trinajstić information content (AvgIpc) is 3.14. The second kappa shape index (κ2) is 11.1. The monoisotopic (exact) mass is 498 g/mol. The summed E-state index contributed by atoms with van der Waals surface area (Å²) in [5, 5.41) is 12.5.